The van der Waals surface area contributed by atoms with Crippen LogP contribution in [-0.4, -0.2) is 27.5 Å². The van der Waals surface area contributed by atoms with Crippen LogP contribution in [-0.2, 0) is 17.5 Å². The highest BCUT2D eigenvalue weighted by Crippen LogP contribution is 2.88. The summed E-state index contributed by atoms with van der Waals surface area (Å²) < 4.78 is 40.2. The number of hydrazine groups is 1. The van der Waals surface area contributed by atoms with E-state index >= 15 is 0 Å². The Morgan fingerprint density at radius 1 is 1.07 bits per heavy atom. The predicted molar refractivity (Wildman–Crippen MR) is 91.9 cm³/mol. The number of nitrogens with zero attached hydrogens (tertiary/aromatic N) is 2. The lowest BCUT2D eigenvalue weighted by atomic mass is 9.17. The van der Waals surface area contributed by atoms with E-state index in [0.717, 1.165) is 17.9 Å². The summed E-state index contributed by atoms with van der Waals surface area (Å²) in [6.45, 7) is 3.78. The second-order valence-electron chi connectivity index (χ2n) is 9.73. The molecule has 1 aromatic rings. The van der Waals surface area contributed by atoms with Gasteiger partial charge < -0.3 is 0 Å². The van der Waals surface area contributed by atoms with E-state index in [1.807, 2.05) is 23.9 Å². The molecule has 1 aliphatic heterocycles. The molecule has 1 heterocycles. The van der Waals surface area contributed by atoms with Gasteiger partial charge in [-0.3, -0.25) is 9.80 Å². The first-order chi connectivity index (χ1) is 12.7. The predicted octanol–water partition coefficient (Wildman–Crippen LogP) is 4.09. The minimum atomic E-state index is -4.38. The SMILES string of the molecule is CC1(C)C(=O)N(C2C3CC4CC5CC2C453)N1Cc1ccccc1C(F)(F)F. The van der Waals surface area contributed by atoms with Crippen LogP contribution in [0.2, 0.25) is 0 Å². The highest BCUT2D eigenvalue weighted by atomic mass is 19.4. The van der Waals surface area contributed by atoms with Gasteiger partial charge >= 0.3 is 6.18 Å². The summed E-state index contributed by atoms with van der Waals surface area (Å²) >= 11 is 0. The molecule has 4 atom stereocenters. The Balaban J connectivity index is 1.30. The fraction of sp³-hybridized carbons (Fsp3) is 0.667. The molecule has 1 saturated heterocycles. The van der Waals surface area contributed by atoms with Crippen LogP contribution in [0.1, 0.15) is 44.2 Å². The Bertz CT molecular complexity index is 841. The first kappa shape index (κ1) is 16.4. The summed E-state index contributed by atoms with van der Waals surface area (Å²) in [6, 6.07) is 5.95. The number of carbonyl (C=O) groups is 1. The second-order valence-corrected chi connectivity index (χ2v) is 9.73. The maximum atomic E-state index is 13.4. The Morgan fingerprint density at radius 3 is 2.30 bits per heavy atom. The molecule has 4 unspecified atom stereocenters. The Kier molecular flexibility index (Phi) is 2.75. The van der Waals surface area contributed by atoms with Crippen molar-refractivity contribution in [3.63, 3.8) is 0 Å². The fourth-order valence-electron chi connectivity index (χ4n) is 7.48. The smallest absolute Gasteiger partial charge is 0.271 e. The van der Waals surface area contributed by atoms with Crippen LogP contribution >= 0.6 is 0 Å². The normalized spacial score (nSPS) is 43.4. The van der Waals surface area contributed by atoms with Gasteiger partial charge in [0.1, 0.15) is 5.54 Å². The third-order valence-electron chi connectivity index (χ3n) is 8.73. The van der Waals surface area contributed by atoms with Crippen molar-refractivity contribution in [2.24, 2.45) is 29.1 Å². The molecule has 0 radical (unpaired) electrons. The largest absolute Gasteiger partial charge is 0.416 e. The van der Waals surface area contributed by atoms with Crippen molar-refractivity contribution in [3.05, 3.63) is 35.4 Å². The molecule has 144 valence electrons. The summed E-state index contributed by atoms with van der Waals surface area (Å²) in [5.74, 6) is 2.97. The van der Waals surface area contributed by atoms with E-state index in [4.69, 9.17) is 0 Å². The Labute approximate surface area is 156 Å². The van der Waals surface area contributed by atoms with Gasteiger partial charge in [0.15, 0.2) is 0 Å². The van der Waals surface area contributed by atoms with Gasteiger partial charge in [-0.2, -0.15) is 18.2 Å². The molecule has 1 aromatic carbocycles. The summed E-state index contributed by atoms with van der Waals surface area (Å²) in [4.78, 5) is 12.9. The van der Waals surface area contributed by atoms with E-state index < -0.39 is 17.3 Å². The number of alkyl halides is 3. The quantitative estimate of drug-likeness (QED) is 0.793. The summed E-state index contributed by atoms with van der Waals surface area (Å²) in [6.07, 6.45) is -0.610. The molecule has 5 fully saturated rings. The maximum absolute atomic E-state index is 13.4. The minimum Gasteiger partial charge on any atom is -0.271 e. The molecule has 0 N–H and O–H groups in total. The van der Waals surface area contributed by atoms with Crippen molar-refractivity contribution < 1.29 is 18.0 Å². The van der Waals surface area contributed by atoms with Gasteiger partial charge in [-0.15, -0.1) is 0 Å². The molecule has 27 heavy (non-hydrogen) atoms. The van der Waals surface area contributed by atoms with Gasteiger partial charge in [-0.1, -0.05) is 18.2 Å². The van der Waals surface area contributed by atoms with Crippen LogP contribution in [0.15, 0.2) is 24.3 Å². The van der Waals surface area contributed by atoms with Gasteiger partial charge in [-0.25, -0.2) is 0 Å². The van der Waals surface area contributed by atoms with E-state index in [0.29, 0.717) is 17.3 Å². The zero-order chi connectivity index (χ0) is 18.9. The van der Waals surface area contributed by atoms with Crippen LogP contribution in [0.4, 0.5) is 13.2 Å². The fourth-order valence-corrected chi connectivity index (χ4v) is 7.48. The van der Waals surface area contributed by atoms with Gasteiger partial charge in [0.25, 0.3) is 5.91 Å². The van der Waals surface area contributed by atoms with Gasteiger partial charge in [-0.05, 0) is 73.8 Å². The molecule has 0 aromatic heterocycles. The average molecular weight is 376 g/mol. The molecule has 5 aliphatic rings. The summed E-state index contributed by atoms with van der Waals surface area (Å²) in [5.41, 5.74) is -0.573. The monoisotopic (exact) mass is 376 g/mol. The maximum Gasteiger partial charge on any atom is 0.416 e. The number of rotatable bonds is 3. The lowest BCUT2D eigenvalue weighted by Crippen LogP contribution is -2.92. The van der Waals surface area contributed by atoms with E-state index in [1.165, 1.54) is 31.4 Å². The molecule has 1 amide bonds. The Morgan fingerprint density at radius 2 is 1.70 bits per heavy atom. The first-order valence-corrected chi connectivity index (χ1v) is 9.94. The molecule has 1 spiro atoms. The van der Waals surface area contributed by atoms with Gasteiger partial charge in [0.05, 0.1) is 11.6 Å². The first-order valence-electron chi connectivity index (χ1n) is 9.94. The summed E-state index contributed by atoms with van der Waals surface area (Å²) in [7, 11) is 0. The molecular weight excluding hydrogens is 353 g/mol. The molecule has 6 heteroatoms. The zero-order valence-electron chi connectivity index (χ0n) is 15.5. The topological polar surface area (TPSA) is 23.6 Å². The van der Waals surface area contributed by atoms with Crippen LogP contribution in [0.5, 0.6) is 0 Å². The van der Waals surface area contributed by atoms with Crippen molar-refractivity contribution in [1.82, 2.24) is 10.0 Å². The highest BCUT2D eigenvalue weighted by Gasteiger charge is 2.86. The third-order valence-corrected chi connectivity index (χ3v) is 8.73. The van der Waals surface area contributed by atoms with Crippen LogP contribution in [0.25, 0.3) is 0 Å². The molecular formula is C21H23F3N2O. The number of amides is 1. The number of hydrogen-bond acceptors (Lipinski definition) is 2. The van der Waals surface area contributed by atoms with E-state index in [1.54, 1.807) is 6.07 Å². The highest BCUT2D eigenvalue weighted by molar-refractivity contribution is 5.90. The van der Waals surface area contributed by atoms with Crippen LogP contribution in [0, 0.1) is 29.1 Å². The number of benzene rings is 1. The van der Waals surface area contributed by atoms with Gasteiger partial charge in [0.2, 0.25) is 0 Å². The zero-order valence-corrected chi connectivity index (χ0v) is 15.5. The number of carbonyl (C=O) groups excluding carboxylic acids is 1. The van der Waals surface area contributed by atoms with Crippen LogP contribution in [0.3, 0.4) is 0 Å². The summed E-state index contributed by atoms with van der Waals surface area (Å²) in [5, 5.41) is 3.75. The molecule has 0 bridgehead atoms. The lowest BCUT2D eigenvalue weighted by Gasteiger charge is -2.90. The van der Waals surface area contributed by atoms with Crippen molar-refractivity contribution in [2.75, 3.05) is 0 Å². The minimum absolute atomic E-state index is 0.0677. The van der Waals surface area contributed by atoms with Gasteiger partial charge in [0, 0.05) is 6.54 Å². The van der Waals surface area contributed by atoms with Crippen molar-refractivity contribution >= 4 is 5.91 Å². The van der Waals surface area contributed by atoms with E-state index in [-0.39, 0.29) is 24.1 Å². The molecule has 4 saturated carbocycles. The van der Waals surface area contributed by atoms with Crippen molar-refractivity contribution in [2.45, 2.75) is 57.4 Å². The van der Waals surface area contributed by atoms with Crippen LogP contribution < -0.4 is 0 Å². The number of halogens is 3. The standard InChI is InChI=1S/C21H23F3N2O/c1-19(2)18(27)26(17-15-8-12-7-13-9-16(17)20(12,13)15)25(19)10-11-5-3-4-6-14(11)21(22,23)24/h3-6,12-13,15-17H,7-10H2,1-2H3. The Hall–Kier alpha value is -1.56. The molecule has 4 aliphatic carbocycles. The van der Waals surface area contributed by atoms with E-state index in [2.05, 4.69) is 0 Å². The van der Waals surface area contributed by atoms with Crippen molar-refractivity contribution in [1.29, 1.82) is 0 Å². The molecule has 6 rings (SSSR count). The number of hydrogen-bond donors (Lipinski definition) is 0. The van der Waals surface area contributed by atoms with Crippen molar-refractivity contribution in [3.8, 4) is 0 Å². The molecule has 3 nitrogen and oxygen atoms in total. The second kappa shape index (κ2) is 4.53. The average Bonchev–Trinajstić information content (AvgIpc) is 2.54. The van der Waals surface area contributed by atoms with E-state index in [9.17, 15) is 18.0 Å². The lowest BCUT2D eigenvalue weighted by molar-refractivity contribution is -0.426. The third kappa shape index (κ3) is 1.61.